The lowest BCUT2D eigenvalue weighted by Crippen LogP contribution is -2.23. The second-order valence-corrected chi connectivity index (χ2v) is 7.75. The van der Waals surface area contributed by atoms with Crippen LogP contribution in [0.4, 0.5) is 34.1 Å². The first kappa shape index (κ1) is 18.4. The Labute approximate surface area is 187 Å². The summed E-state index contributed by atoms with van der Waals surface area (Å²) in [6, 6.07) is 42.4. The van der Waals surface area contributed by atoms with Crippen LogP contribution in [0, 0.1) is 0 Å². The van der Waals surface area contributed by atoms with E-state index >= 15 is 0 Å². The molecule has 1 aromatic heterocycles. The Bertz CT molecular complexity index is 1320. The van der Waals surface area contributed by atoms with Crippen LogP contribution < -0.4 is 9.80 Å². The molecule has 0 amide bonds. The van der Waals surface area contributed by atoms with Crippen LogP contribution >= 0.6 is 0 Å². The molecule has 2 heterocycles. The van der Waals surface area contributed by atoms with Gasteiger partial charge in [0.25, 0.3) is 0 Å². The molecule has 0 saturated heterocycles. The van der Waals surface area contributed by atoms with Crippen molar-refractivity contribution in [3.63, 3.8) is 0 Å². The van der Waals surface area contributed by atoms with Crippen molar-refractivity contribution in [2.24, 2.45) is 0 Å². The van der Waals surface area contributed by atoms with Crippen LogP contribution in [0.1, 0.15) is 0 Å². The summed E-state index contributed by atoms with van der Waals surface area (Å²) in [5.41, 5.74) is 8.99. The molecule has 0 atom stereocenters. The van der Waals surface area contributed by atoms with E-state index < -0.39 is 0 Å². The third kappa shape index (κ3) is 3.03. The molecule has 0 bridgehead atoms. The zero-order chi connectivity index (χ0) is 21.3. The zero-order valence-corrected chi connectivity index (χ0v) is 17.5. The molecule has 1 aliphatic rings. The highest BCUT2D eigenvalue weighted by atomic mass is 15.3. The smallest absolute Gasteiger partial charge is 0.0703 e. The lowest BCUT2D eigenvalue weighted by molar-refractivity contribution is 1.17. The maximum atomic E-state index is 4.49. The predicted molar refractivity (Wildman–Crippen MR) is 133 cm³/mol. The van der Waals surface area contributed by atoms with E-state index in [0.29, 0.717) is 0 Å². The molecule has 5 aromatic rings. The van der Waals surface area contributed by atoms with Gasteiger partial charge in [0.2, 0.25) is 0 Å². The van der Waals surface area contributed by atoms with Crippen LogP contribution in [0.3, 0.4) is 0 Å². The molecule has 0 radical (unpaired) electrons. The third-order valence-corrected chi connectivity index (χ3v) is 5.83. The van der Waals surface area contributed by atoms with Crippen LogP contribution in [-0.4, -0.2) is 4.98 Å². The largest absolute Gasteiger partial charge is 0.306 e. The van der Waals surface area contributed by atoms with E-state index in [4.69, 9.17) is 0 Å². The number of benzene rings is 4. The number of pyridine rings is 1. The monoisotopic (exact) mass is 411 g/mol. The number of fused-ring (bicyclic) bond motifs is 2. The van der Waals surface area contributed by atoms with Crippen LogP contribution in [0.15, 0.2) is 128 Å². The van der Waals surface area contributed by atoms with E-state index in [9.17, 15) is 0 Å². The molecule has 4 aromatic carbocycles. The van der Waals surface area contributed by atoms with Crippen molar-refractivity contribution >= 4 is 34.1 Å². The van der Waals surface area contributed by atoms with Gasteiger partial charge >= 0.3 is 0 Å². The number of hydrogen-bond acceptors (Lipinski definition) is 3. The summed E-state index contributed by atoms with van der Waals surface area (Å²) in [5, 5.41) is 0. The maximum Gasteiger partial charge on any atom is 0.0703 e. The average molecular weight is 412 g/mol. The molecule has 0 unspecified atom stereocenters. The predicted octanol–water partition coefficient (Wildman–Crippen LogP) is 8.00. The minimum Gasteiger partial charge on any atom is -0.306 e. The molecule has 32 heavy (non-hydrogen) atoms. The van der Waals surface area contributed by atoms with Gasteiger partial charge in [0.15, 0.2) is 0 Å². The van der Waals surface area contributed by atoms with Gasteiger partial charge in [-0.3, -0.25) is 4.98 Å². The van der Waals surface area contributed by atoms with E-state index in [1.165, 1.54) is 0 Å². The number of hydrogen-bond donors (Lipinski definition) is 0. The zero-order valence-electron chi connectivity index (χ0n) is 17.5. The lowest BCUT2D eigenvalue weighted by Gasteiger charge is -2.40. The Kier molecular flexibility index (Phi) is 4.43. The van der Waals surface area contributed by atoms with Crippen LogP contribution in [0.25, 0.3) is 11.3 Å². The Morgan fingerprint density at radius 1 is 0.406 bits per heavy atom. The fourth-order valence-corrected chi connectivity index (χ4v) is 4.39. The highest BCUT2D eigenvalue weighted by Gasteiger charge is 2.29. The Hall–Kier alpha value is -4.37. The molecule has 3 nitrogen and oxygen atoms in total. The van der Waals surface area contributed by atoms with Crippen molar-refractivity contribution in [1.29, 1.82) is 0 Å². The fourth-order valence-electron chi connectivity index (χ4n) is 4.39. The van der Waals surface area contributed by atoms with Crippen LogP contribution in [0.5, 0.6) is 0 Å². The van der Waals surface area contributed by atoms with Crippen LogP contribution in [-0.2, 0) is 0 Å². The second kappa shape index (κ2) is 7.71. The minimum absolute atomic E-state index is 0.980. The van der Waals surface area contributed by atoms with Crippen molar-refractivity contribution < 1.29 is 0 Å². The number of nitrogens with zero attached hydrogens (tertiary/aromatic N) is 3. The fraction of sp³-hybridized carbons (Fsp3) is 0. The summed E-state index contributed by atoms with van der Waals surface area (Å²) in [5.74, 6) is 0. The highest BCUT2D eigenvalue weighted by molar-refractivity contribution is 6.01. The second-order valence-electron chi connectivity index (χ2n) is 7.75. The molecule has 1 aliphatic heterocycles. The molecule has 0 saturated carbocycles. The first-order valence-corrected chi connectivity index (χ1v) is 10.7. The highest BCUT2D eigenvalue weighted by Crippen LogP contribution is 2.53. The molecular formula is C29H21N3. The van der Waals surface area contributed by atoms with Crippen molar-refractivity contribution in [3.05, 3.63) is 128 Å². The summed E-state index contributed by atoms with van der Waals surface area (Å²) in [4.78, 5) is 9.16. The molecule has 3 heteroatoms. The molecular weight excluding hydrogens is 390 g/mol. The van der Waals surface area contributed by atoms with Crippen molar-refractivity contribution in [3.8, 4) is 11.3 Å². The summed E-state index contributed by atoms with van der Waals surface area (Å²) >= 11 is 0. The van der Waals surface area contributed by atoms with Gasteiger partial charge in [0, 0.05) is 23.1 Å². The average Bonchev–Trinajstić information content (AvgIpc) is 2.88. The van der Waals surface area contributed by atoms with Gasteiger partial charge in [0.1, 0.15) is 0 Å². The normalized spacial score (nSPS) is 12.2. The van der Waals surface area contributed by atoms with Gasteiger partial charge in [-0.15, -0.1) is 0 Å². The Balaban J connectivity index is 1.51. The molecule has 152 valence electrons. The standard InChI is InChI=1S/C29H21N3/c1-2-10-23(11-3-1)31-26-13-4-6-15-28(26)32(29-16-7-5-14-27(29)31)24-19-17-22(18-20-24)25-12-8-9-21-30-25/h1-21H. The van der Waals surface area contributed by atoms with Gasteiger partial charge in [-0.2, -0.15) is 0 Å². The van der Waals surface area contributed by atoms with Gasteiger partial charge < -0.3 is 9.80 Å². The summed E-state index contributed by atoms with van der Waals surface area (Å²) < 4.78 is 0. The number of rotatable bonds is 3. The third-order valence-electron chi connectivity index (χ3n) is 5.83. The quantitative estimate of drug-likeness (QED) is 0.294. The number of aromatic nitrogens is 1. The Morgan fingerprint density at radius 2 is 0.875 bits per heavy atom. The van der Waals surface area contributed by atoms with E-state index in [2.05, 4.69) is 118 Å². The van der Waals surface area contributed by atoms with Gasteiger partial charge in [0.05, 0.1) is 28.4 Å². The molecule has 0 aliphatic carbocycles. The maximum absolute atomic E-state index is 4.49. The summed E-state index contributed by atoms with van der Waals surface area (Å²) in [7, 11) is 0. The number of para-hydroxylation sites is 5. The van der Waals surface area contributed by atoms with E-state index in [0.717, 1.165) is 45.4 Å². The van der Waals surface area contributed by atoms with Crippen molar-refractivity contribution in [2.45, 2.75) is 0 Å². The van der Waals surface area contributed by atoms with Gasteiger partial charge in [-0.1, -0.05) is 60.7 Å². The number of anilines is 6. The molecule has 6 rings (SSSR count). The molecule has 0 fully saturated rings. The van der Waals surface area contributed by atoms with Gasteiger partial charge in [-0.25, -0.2) is 0 Å². The lowest BCUT2D eigenvalue weighted by atomic mass is 10.0. The SMILES string of the molecule is c1ccc(N2c3ccccc3N(c3ccc(-c4ccccn4)cc3)c3ccccc32)cc1. The first-order valence-electron chi connectivity index (χ1n) is 10.7. The van der Waals surface area contributed by atoms with E-state index in [-0.39, 0.29) is 0 Å². The van der Waals surface area contributed by atoms with Crippen LogP contribution in [0.2, 0.25) is 0 Å². The summed E-state index contributed by atoms with van der Waals surface area (Å²) in [6.45, 7) is 0. The van der Waals surface area contributed by atoms with Gasteiger partial charge in [-0.05, 0) is 60.7 Å². The Morgan fingerprint density at radius 3 is 1.38 bits per heavy atom. The molecule has 0 spiro atoms. The van der Waals surface area contributed by atoms with E-state index in [1.807, 2.05) is 24.4 Å². The van der Waals surface area contributed by atoms with E-state index in [1.54, 1.807) is 0 Å². The van der Waals surface area contributed by atoms with Crippen molar-refractivity contribution in [2.75, 3.05) is 9.80 Å². The topological polar surface area (TPSA) is 19.4 Å². The minimum atomic E-state index is 0.980. The summed E-state index contributed by atoms with van der Waals surface area (Å²) in [6.07, 6.45) is 1.83. The first-order chi connectivity index (χ1) is 15.9. The molecule has 0 N–H and O–H groups in total. The van der Waals surface area contributed by atoms with Crippen molar-refractivity contribution in [1.82, 2.24) is 4.98 Å².